The molecule has 4 nitrogen and oxygen atoms in total. The number of carbonyl (C=O) groups excluding carboxylic acids is 1. The molecule has 0 saturated carbocycles. The zero-order valence-electron chi connectivity index (χ0n) is 12.5. The molecule has 0 aromatic carbocycles. The molecule has 0 heterocycles. The predicted octanol–water partition coefficient (Wildman–Crippen LogP) is 2.51. The SMILES string of the molecule is CCNC(C)(CCCCOC(C)CC)C(=O)OC. The van der Waals surface area contributed by atoms with Gasteiger partial charge in [-0.1, -0.05) is 13.8 Å². The highest BCUT2D eigenvalue weighted by Gasteiger charge is 2.32. The van der Waals surface area contributed by atoms with Crippen LogP contribution in [0.25, 0.3) is 0 Å². The molecular weight excluding hydrogens is 230 g/mol. The van der Waals surface area contributed by atoms with Gasteiger partial charge in [-0.2, -0.15) is 0 Å². The average molecular weight is 259 g/mol. The Balaban J connectivity index is 3.94. The number of hydrogen-bond donors (Lipinski definition) is 1. The van der Waals surface area contributed by atoms with E-state index in [1.54, 1.807) is 0 Å². The number of ether oxygens (including phenoxy) is 2. The number of rotatable bonds is 10. The fourth-order valence-electron chi connectivity index (χ4n) is 1.86. The molecule has 18 heavy (non-hydrogen) atoms. The smallest absolute Gasteiger partial charge is 0.325 e. The molecule has 1 N–H and O–H groups in total. The minimum Gasteiger partial charge on any atom is -0.468 e. The van der Waals surface area contributed by atoms with Gasteiger partial charge in [0.25, 0.3) is 0 Å². The Morgan fingerprint density at radius 2 is 2.00 bits per heavy atom. The molecule has 0 aromatic heterocycles. The van der Waals surface area contributed by atoms with Gasteiger partial charge in [0.1, 0.15) is 5.54 Å². The second-order valence-corrected chi connectivity index (χ2v) is 4.90. The first-order chi connectivity index (χ1) is 8.50. The van der Waals surface area contributed by atoms with Crippen LogP contribution in [-0.4, -0.2) is 37.9 Å². The molecule has 2 unspecified atom stereocenters. The van der Waals surface area contributed by atoms with E-state index in [4.69, 9.17) is 9.47 Å². The molecule has 108 valence electrons. The summed E-state index contributed by atoms with van der Waals surface area (Å²) in [4.78, 5) is 11.7. The van der Waals surface area contributed by atoms with E-state index in [0.717, 1.165) is 38.8 Å². The monoisotopic (exact) mass is 259 g/mol. The van der Waals surface area contributed by atoms with Gasteiger partial charge >= 0.3 is 5.97 Å². The van der Waals surface area contributed by atoms with Crippen molar-refractivity contribution < 1.29 is 14.3 Å². The molecule has 0 bridgehead atoms. The van der Waals surface area contributed by atoms with Crippen LogP contribution in [0.5, 0.6) is 0 Å². The van der Waals surface area contributed by atoms with Crippen molar-refractivity contribution in [2.24, 2.45) is 0 Å². The van der Waals surface area contributed by atoms with Crippen molar-refractivity contribution in [3.8, 4) is 0 Å². The first-order valence-electron chi connectivity index (χ1n) is 6.95. The summed E-state index contributed by atoms with van der Waals surface area (Å²) in [6.07, 6.45) is 4.07. The maximum atomic E-state index is 11.7. The third-order valence-corrected chi connectivity index (χ3v) is 3.25. The van der Waals surface area contributed by atoms with Gasteiger partial charge in [-0.05, 0) is 46.1 Å². The molecule has 0 amide bonds. The van der Waals surface area contributed by atoms with E-state index >= 15 is 0 Å². The van der Waals surface area contributed by atoms with Crippen molar-refractivity contribution in [3.63, 3.8) is 0 Å². The molecule has 0 spiro atoms. The molecular formula is C14H29NO3. The molecule has 0 aliphatic carbocycles. The van der Waals surface area contributed by atoms with Crippen molar-refractivity contribution in [2.75, 3.05) is 20.3 Å². The van der Waals surface area contributed by atoms with Crippen molar-refractivity contribution in [1.82, 2.24) is 5.32 Å². The largest absolute Gasteiger partial charge is 0.468 e. The minimum atomic E-state index is -0.570. The van der Waals surface area contributed by atoms with Crippen molar-refractivity contribution in [3.05, 3.63) is 0 Å². The average Bonchev–Trinajstić information content (AvgIpc) is 2.37. The number of unbranched alkanes of at least 4 members (excludes halogenated alkanes) is 1. The van der Waals surface area contributed by atoms with Crippen LogP contribution >= 0.6 is 0 Å². The molecule has 0 saturated heterocycles. The van der Waals surface area contributed by atoms with E-state index < -0.39 is 5.54 Å². The molecule has 0 fully saturated rings. The summed E-state index contributed by atoms with van der Waals surface area (Å²) >= 11 is 0. The Labute approximate surface area is 111 Å². The van der Waals surface area contributed by atoms with Crippen LogP contribution < -0.4 is 5.32 Å². The minimum absolute atomic E-state index is 0.188. The van der Waals surface area contributed by atoms with Gasteiger partial charge in [0.15, 0.2) is 0 Å². The van der Waals surface area contributed by atoms with Crippen LogP contribution in [0.1, 0.15) is 53.4 Å². The lowest BCUT2D eigenvalue weighted by molar-refractivity contribution is -0.148. The lowest BCUT2D eigenvalue weighted by Crippen LogP contribution is -2.50. The molecule has 0 aliphatic rings. The number of carbonyl (C=O) groups is 1. The van der Waals surface area contributed by atoms with Gasteiger partial charge in [0, 0.05) is 6.61 Å². The topological polar surface area (TPSA) is 47.6 Å². The third kappa shape index (κ3) is 6.36. The zero-order chi connectivity index (χ0) is 14.0. The van der Waals surface area contributed by atoms with Crippen molar-refractivity contribution in [2.45, 2.75) is 65.0 Å². The summed E-state index contributed by atoms with van der Waals surface area (Å²) in [6, 6.07) is 0. The summed E-state index contributed by atoms with van der Waals surface area (Å²) < 4.78 is 10.5. The Bertz CT molecular complexity index is 233. The maximum Gasteiger partial charge on any atom is 0.325 e. The molecule has 0 aromatic rings. The van der Waals surface area contributed by atoms with Crippen LogP contribution in [0.4, 0.5) is 0 Å². The van der Waals surface area contributed by atoms with E-state index in [-0.39, 0.29) is 5.97 Å². The van der Waals surface area contributed by atoms with Crippen molar-refractivity contribution in [1.29, 1.82) is 0 Å². The summed E-state index contributed by atoms with van der Waals surface area (Å²) in [6.45, 7) is 9.61. The fraction of sp³-hybridized carbons (Fsp3) is 0.929. The van der Waals surface area contributed by atoms with E-state index in [1.165, 1.54) is 7.11 Å². The van der Waals surface area contributed by atoms with Gasteiger partial charge in [0.05, 0.1) is 13.2 Å². The highest BCUT2D eigenvalue weighted by atomic mass is 16.5. The van der Waals surface area contributed by atoms with E-state index in [1.807, 2.05) is 13.8 Å². The standard InChI is InChI=1S/C14H29NO3/c1-6-12(3)18-11-9-8-10-14(4,15-7-2)13(16)17-5/h12,15H,6-11H2,1-5H3. The molecule has 2 atom stereocenters. The van der Waals surface area contributed by atoms with Crippen molar-refractivity contribution >= 4 is 5.97 Å². The number of likely N-dealkylation sites (N-methyl/N-ethyl adjacent to an activating group) is 1. The summed E-state index contributed by atoms with van der Waals surface area (Å²) in [5, 5.41) is 3.21. The second kappa shape index (κ2) is 9.34. The van der Waals surface area contributed by atoms with Crippen LogP contribution in [0, 0.1) is 0 Å². The Hall–Kier alpha value is -0.610. The first kappa shape index (κ1) is 17.4. The summed E-state index contributed by atoms with van der Waals surface area (Å²) in [5.74, 6) is -0.188. The Morgan fingerprint density at radius 3 is 2.50 bits per heavy atom. The van der Waals surface area contributed by atoms with Gasteiger partial charge in [0.2, 0.25) is 0 Å². The summed E-state index contributed by atoms with van der Waals surface area (Å²) in [7, 11) is 1.43. The van der Waals surface area contributed by atoms with Crippen LogP contribution in [0.15, 0.2) is 0 Å². The zero-order valence-corrected chi connectivity index (χ0v) is 12.5. The molecule has 4 heteroatoms. The van der Waals surface area contributed by atoms with Gasteiger partial charge in [-0.15, -0.1) is 0 Å². The first-order valence-corrected chi connectivity index (χ1v) is 6.95. The van der Waals surface area contributed by atoms with E-state index in [9.17, 15) is 4.79 Å². The number of methoxy groups -OCH3 is 1. The second-order valence-electron chi connectivity index (χ2n) is 4.90. The molecule has 0 radical (unpaired) electrons. The molecule has 0 aliphatic heterocycles. The number of esters is 1. The lowest BCUT2D eigenvalue weighted by atomic mass is 9.95. The van der Waals surface area contributed by atoms with Crippen LogP contribution in [0.2, 0.25) is 0 Å². The van der Waals surface area contributed by atoms with Gasteiger partial charge in [-0.25, -0.2) is 0 Å². The van der Waals surface area contributed by atoms with E-state index in [2.05, 4.69) is 19.2 Å². The van der Waals surface area contributed by atoms with E-state index in [0.29, 0.717) is 6.10 Å². The highest BCUT2D eigenvalue weighted by Crippen LogP contribution is 2.16. The quantitative estimate of drug-likeness (QED) is 0.484. The van der Waals surface area contributed by atoms with Gasteiger partial charge in [-0.3, -0.25) is 4.79 Å². The fourth-order valence-corrected chi connectivity index (χ4v) is 1.86. The predicted molar refractivity (Wildman–Crippen MR) is 73.7 cm³/mol. The third-order valence-electron chi connectivity index (χ3n) is 3.25. The highest BCUT2D eigenvalue weighted by molar-refractivity contribution is 5.80. The summed E-state index contributed by atoms with van der Waals surface area (Å²) in [5.41, 5.74) is -0.570. The normalized spacial score (nSPS) is 16.1. The number of hydrogen-bond acceptors (Lipinski definition) is 4. The van der Waals surface area contributed by atoms with Crippen LogP contribution in [0.3, 0.4) is 0 Å². The Kier molecular flexibility index (Phi) is 9.02. The van der Waals surface area contributed by atoms with Gasteiger partial charge < -0.3 is 14.8 Å². The number of nitrogens with one attached hydrogen (secondary N) is 1. The lowest BCUT2D eigenvalue weighted by Gasteiger charge is -2.27. The van der Waals surface area contributed by atoms with Crippen LogP contribution in [-0.2, 0) is 14.3 Å². The Morgan fingerprint density at radius 1 is 1.33 bits per heavy atom. The molecule has 0 rings (SSSR count). The maximum absolute atomic E-state index is 11.7.